The van der Waals surface area contributed by atoms with Crippen molar-refractivity contribution >= 4 is 11.8 Å². The fraction of sp³-hybridized carbons (Fsp3) is 0.750. The molecule has 2 atom stereocenters. The molecule has 0 fully saturated rings. The smallest absolute Gasteiger partial charge is 0.309 e. The summed E-state index contributed by atoms with van der Waals surface area (Å²) in [6, 6.07) is -0.921. The molecule has 0 aliphatic carbocycles. The van der Waals surface area contributed by atoms with Crippen molar-refractivity contribution in [1.82, 2.24) is 10.6 Å². The van der Waals surface area contributed by atoms with Gasteiger partial charge in [0.1, 0.15) is 0 Å². The van der Waals surface area contributed by atoms with Crippen molar-refractivity contribution in [1.29, 1.82) is 0 Å². The van der Waals surface area contributed by atoms with Crippen LogP contribution in [0.15, 0.2) is 0 Å². The molecule has 0 saturated carbocycles. The summed E-state index contributed by atoms with van der Waals surface area (Å²) in [4.78, 5) is 22.1. The lowest BCUT2D eigenvalue weighted by Crippen LogP contribution is -2.47. The van der Waals surface area contributed by atoms with Crippen molar-refractivity contribution in [3.8, 4) is 0 Å². The molecule has 14 heavy (non-hydrogen) atoms. The molecule has 0 aliphatic rings. The minimum atomic E-state index is -0.813. The van der Waals surface area contributed by atoms with E-state index < -0.39 is 23.9 Å². The van der Waals surface area contributed by atoms with Gasteiger partial charge in [0.05, 0.1) is 13.2 Å². The maximum atomic E-state index is 11.0. The number of carbonyl (C=O) groups is 2. The largest absolute Gasteiger partial charge is 0.394 e. The molecule has 82 valence electrons. The Bertz CT molecular complexity index is 186. The van der Waals surface area contributed by atoms with Crippen LogP contribution in [0.3, 0.4) is 0 Å². The molecule has 2 amide bonds. The number of amides is 2. The highest BCUT2D eigenvalue weighted by molar-refractivity contribution is 6.35. The molecule has 0 bridgehead atoms. The van der Waals surface area contributed by atoms with Gasteiger partial charge < -0.3 is 20.8 Å². The van der Waals surface area contributed by atoms with Gasteiger partial charge in [-0.25, -0.2) is 0 Å². The molecule has 0 rings (SSSR count). The van der Waals surface area contributed by atoms with Crippen molar-refractivity contribution in [3.05, 3.63) is 0 Å². The third-order valence-electron chi connectivity index (χ3n) is 1.51. The van der Waals surface area contributed by atoms with Crippen LogP contribution in [-0.4, -0.2) is 47.3 Å². The lowest BCUT2D eigenvalue weighted by molar-refractivity contribution is -0.140. The Hall–Kier alpha value is -1.14. The van der Waals surface area contributed by atoms with Crippen LogP contribution < -0.4 is 10.6 Å². The monoisotopic (exact) mass is 204 g/mol. The van der Waals surface area contributed by atoms with E-state index in [1.165, 1.54) is 0 Å². The summed E-state index contributed by atoms with van der Waals surface area (Å²) in [6.45, 7) is 2.68. The Kier molecular flexibility index (Phi) is 5.82. The first kappa shape index (κ1) is 12.9. The average Bonchev–Trinajstić information content (AvgIpc) is 2.17. The first-order chi connectivity index (χ1) is 6.51. The Balaban J connectivity index is 3.94. The van der Waals surface area contributed by atoms with Gasteiger partial charge in [0.25, 0.3) is 0 Å². The zero-order chi connectivity index (χ0) is 11.1. The molecule has 6 heteroatoms. The van der Waals surface area contributed by atoms with E-state index in [2.05, 4.69) is 10.6 Å². The first-order valence-corrected chi connectivity index (χ1v) is 4.34. The van der Waals surface area contributed by atoms with Crippen LogP contribution in [-0.2, 0) is 9.59 Å². The van der Waals surface area contributed by atoms with E-state index in [1.807, 2.05) is 0 Å². The average molecular weight is 204 g/mol. The van der Waals surface area contributed by atoms with E-state index in [1.54, 1.807) is 13.8 Å². The van der Waals surface area contributed by atoms with Gasteiger partial charge in [0.2, 0.25) is 0 Å². The molecule has 0 unspecified atom stereocenters. The Labute approximate surface area is 82.3 Å². The SMILES string of the molecule is C[C@H](CO)NC(=O)C(=O)N[C@H](C)CO. The van der Waals surface area contributed by atoms with Crippen molar-refractivity contribution in [2.24, 2.45) is 0 Å². The summed E-state index contributed by atoms with van der Waals surface area (Å²) in [7, 11) is 0. The van der Waals surface area contributed by atoms with Gasteiger partial charge in [-0.1, -0.05) is 0 Å². The van der Waals surface area contributed by atoms with Crippen molar-refractivity contribution in [3.63, 3.8) is 0 Å². The van der Waals surface area contributed by atoms with Crippen LogP contribution in [0.5, 0.6) is 0 Å². The molecule has 4 N–H and O–H groups in total. The second-order valence-electron chi connectivity index (χ2n) is 3.11. The van der Waals surface area contributed by atoms with E-state index in [0.717, 1.165) is 0 Å². The van der Waals surface area contributed by atoms with Crippen LogP contribution in [0.1, 0.15) is 13.8 Å². The van der Waals surface area contributed by atoms with E-state index in [4.69, 9.17) is 10.2 Å². The minimum absolute atomic E-state index is 0.228. The molecule has 0 saturated heterocycles. The highest BCUT2D eigenvalue weighted by Crippen LogP contribution is 1.82. The standard InChI is InChI=1S/C8H16N2O4/c1-5(3-11)9-7(13)8(14)10-6(2)4-12/h5-6,11-12H,3-4H2,1-2H3,(H,9,13)(H,10,14)/t5-,6-/m1/s1. The molecule has 0 radical (unpaired) electrons. The highest BCUT2D eigenvalue weighted by atomic mass is 16.3. The van der Waals surface area contributed by atoms with Crippen LogP contribution in [0.4, 0.5) is 0 Å². The van der Waals surface area contributed by atoms with Crippen molar-refractivity contribution in [2.75, 3.05) is 13.2 Å². The lowest BCUT2D eigenvalue weighted by Gasteiger charge is -2.13. The molecule has 0 spiro atoms. The fourth-order valence-electron chi connectivity index (χ4n) is 0.670. The normalized spacial score (nSPS) is 14.3. The second kappa shape index (κ2) is 6.33. The Morgan fingerprint density at radius 3 is 1.50 bits per heavy atom. The van der Waals surface area contributed by atoms with Crippen LogP contribution in [0.25, 0.3) is 0 Å². The van der Waals surface area contributed by atoms with Gasteiger partial charge in [-0.05, 0) is 13.8 Å². The Morgan fingerprint density at radius 2 is 1.29 bits per heavy atom. The predicted molar refractivity (Wildman–Crippen MR) is 49.4 cm³/mol. The topological polar surface area (TPSA) is 98.7 Å². The number of aliphatic hydroxyl groups is 2. The molecular formula is C8H16N2O4. The zero-order valence-corrected chi connectivity index (χ0v) is 8.28. The summed E-state index contributed by atoms with van der Waals surface area (Å²) < 4.78 is 0. The molecule has 0 aromatic rings. The quantitative estimate of drug-likeness (QED) is 0.397. The third-order valence-corrected chi connectivity index (χ3v) is 1.51. The predicted octanol–water partition coefficient (Wildman–Crippen LogP) is -2.02. The zero-order valence-electron chi connectivity index (χ0n) is 8.28. The summed E-state index contributed by atoms with van der Waals surface area (Å²) >= 11 is 0. The van der Waals surface area contributed by atoms with Crippen molar-refractivity contribution in [2.45, 2.75) is 25.9 Å². The van der Waals surface area contributed by atoms with Crippen LogP contribution in [0.2, 0.25) is 0 Å². The van der Waals surface area contributed by atoms with E-state index in [0.29, 0.717) is 0 Å². The molecule has 0 aromatic heterocycles. The van der Waals surface area contributed by atoms with Crippen LogP contribution in [0, 0.1) is 0 Å². The minimum Gasteiger partial charge on any atom is -0.394 e. The van der Waals surface area contributed by atoms with E-state index in [9.17, 15) is 9.59 Å². The van der Waals surface area contributed by atoms with Gasteiger partial charge in [0, 0.05) is 12.1 Å². The maximum Gasteiger partial charge on any atom is 0.309 e. The van der Waals surface area contributed by atoms with Gasteiger partial charge in [-0.15, -0.1) is 0 Å². The van der Waals surface area contributed by atoms with Gasteiger partial charge >= 0.3 is 11.8 Å². The Morgan fingerprint density at radius 1 is 1.00 bits per heavy atom. The molecule has 0 aromatic carbocycles. The number of nitrogens with one attached hydrogen (secondary N) is 2. The summed E-state index contributed by atoms with van der Waals surface area (Å²) in [5.41, 5.74) is 0. The number of aliphatic hydroxyl groups excluding tert-OH is 2. The molecular weight excluding hydrogens is 188 g/mol. The third kappa shape index (κ3) is 4.78. The summed E-state index contributed by atoms with van der Waals surface area (Å²) in [5, 5.41) is 21.8. The van der Waals surface area contributed by atoms with Crippen LogP contribution >= 0.6 is 0 Å². The number of hydrogen-bond acceptors (Lipinski definition) is 4. The molecule has 0 heterocycles. The lowest BCUT2D eigenvalue weighted by atomic mass is 10.3. The number of hydrogen-bond donors (Lipinski definition) is 4. The number of rotatable bonds is 4. The first-order valence-electron chi connectivity index (χ1n) is 4.34. The van der Waals surface area contributed by atoms with Crippen molar-refractivity contribution < 1.29 is 19.8 Å². The van der Waals surface area contributed by atoms with E-state index >= 15 is 0 Å². The summed E-state index contributed by atoms with van der Waals surface area (Å²) in [6.07, 6.45) is 0. The highest BCUT2D eigenvalue weighted by Gasteiger charge is 2.16. The summed E-state index contributed by atoms with van der Waals surface area (Å²) in [5.74, 6) is -1.63. The van der Waals surface area contributed by atoms with E-state index in [-0.39, 0.29) is 13.2 Å². The fourth-order valence-corrected chi connectivity index (χ4v) is 0.670. The van der Waals surface area contributed by atoms with Gasteiger partial charge in [-0.2, -0.15) is 0 Å². The second-order valence-corrected chi connectivity index (χ2v) is 3.11. The maximum absolute atomic E-state index is 11.0. The van der Waals surface area contributed by atoms with Gasteiger partial charge in [0.15, 0.2) is 0 Å². The molecule has 6 nitrogen and oxygen atoms in total. The molecule has 0 aliphatic heterocycles. The number of carbonyl (C=O) groups excluding carboxylic acids is 2. The van der Waals surface area contributed by atoms with Gasteiger partial charge in [-0.3, -0.25) is 9.59 Å².